The summed E-state index contributed by atoms with van der Waals surface area (Å²) < 4.78 is 10.6. The molecule has 0 aromatic carbocycles. The Balaban J connectivity index is 2.41. The molecule has 0 saturated heterocycles. The summed E-state index contributed by atoms with van der Waals surface area (Å²) >= 11 is 0. The van der Waals surface area contributed by atoms with Crippen molar-refractivity contribution in [1.82, 2.24) is 10.6 Å². The SMILES string of the molecule is COCC(CCCN)NCC(NC(=O)OC(C)(C)C)C1CC1. The van der Waals surface area contributed by atoms with Gasteiger partial charge in [-0.25, -0.2) is 4.79 Å². The number of ether oxygens (including phenoxy) is 2. The highest BCUT2D eigenvalue weighted by Crippen LogP contribution is 2.32. The maximum absolute atomic E-state index is 11.9. The lowest BCUT2D eigenvalue weighted by molar-refractivity contribution is 0.0495. The number of amides is 1. The van der Waals surface area contributed by atoms with Crippen molar-refractivity contribution in [2.75, 3.05) is 26.8 Å². The number of carbonyl (C=O) groups is 1. The van der Waals surface area contributed by atoms with Crippen LogP contribution in [0.15, 0.2) is 0 Å². The molecule has 2 atom stereocenters. The second-order valence-corrected chi connectivity index (χ2v) is 7.08. The third-order valence-electron chi connectivity index (χ3n) is 3.64. The number of rotatable bonds is 10. The summed E-state index contributed by atoms with van der Waals surface area (Å²) in [4.78, 5) is 11.9. The van der Waals surface area contributed by atoms with Gasteiger partial charge in [0.15, 0.2) is 0 Å². The third kappa shape index (κ3) is 8.56. The molecule has 1 aliphatic rings. The highest BCUT2D eigenvalue weighted by atomic mass is 16.6. The van der Waals surface area contributed by atoms with E-state index < -0.39 is 5.60 Å². The van der Waals surface area contributed by atoms with Gasteiger partial charge in [-0.3, -0.25) is 0 Å². The molecule has 0 aromatic heterocycles. The van der Waals surface area contributed by atoms with Crippen molar-refractivity contribution in [2.24, 2.45) is 11.7 Å². The number of alkyl carbamates (subject to hydrolysis) is 1. The van der Waals surface area contributed by atoms with Crippen molar-refractivity contribution in [3.8, 4) is 0 Å². The molecular formula is C16H33N3O3. The molecule has 0 radical (unpaired) electrons. The second kappa shape index (κ2) is 9.33. The van der Waals surface area contributed by atoms with Crippen LogP contribution in [0.1, 0.15) is 46.5 Å². The minimum Gasteiger partial charge on any atom is -0.444 e. The molecule has 22 heavy (non-hydrogen) atoms. The smallest absolute Gasteiger partial charge is 0.407 e. The van der Waals surface area contributed by atoms with Gasteiger partial charge in [-0.1, -0.05) is 0 Å². The van der Waals surface area contributed by atoms with Crippen molar-refractivity contribution < 1.29 is 14.3 Å². The summed E-state index contributed by atoms with van der Waals surface area (Å²) in [6.07, 6.45) is 3.94. The average molecular weight is 315 g/mol. The molecule has 1 rings (SSSR count). The molecule has 0 aliphatic heterocycles. The minimum atomic E-state index is -0.467. The van der Waals surface area contributed by atoms with E-state index in [0.717, 1.165) is 19.4 Å². The van der Waals surface area contributed by atoms with E-state index in [4.69, 9.17) is 15.2 Å². The van der Waals surface area contributed by atoms with E-state index in [0.29, 0.717) is 19.1 Å². The Morgan fingerprint density at radius 1 is 1.36 bits per heavy atom. The Morgan fingerprint density at radius 3 is 2.55 bits per heavy atom. The molecule has 0 aromatic rings. The Kier molecular flexibility index (Phi) is 8.14. The molecule has 0 heterocycles. The van der Waals surface area contributed by atoms with Crippen molar-refractivity contribution in [3.05, 3.63) is 0 Å². The molecule has 1 aliphatic carbocycles. The first kappa shape index (κ1) is 19.2. The lowest BCUT2D eigenvalue weighted by Gasteiger charge is -2.26. The molecule has 4 N–H and O–H groups in total. The molecule has 6 nitrogen and oxygen atoms in total. The van der Waals surface area contributed by atoms with E-state index in [-0.39, 0.29) is 18.2 Å². The fraction of sp³-hybridized carbons (Fsp3) is 0.938. The third-order valence-corrected chi connectivity index (χ3v) is 3.64. The lowest BCUT2D eigenvalue weighted by atomic mass is 10.1. The number of nitrogens with two attached hydrogens (primary N) is 1. The molecule has 0 spiro atoms. The Labute approximate surface area is 134 Å². The highest BCUT2D eigenvalue weighted by Gasteiger charge is 2.33. The van der Waals surface area contributed by atoms with Crippen molar-refractivity contribution in [3.63, 3.8) is 0 Å². The van der Waals surface area contributed by atoms with Gasteiger partial charge >= 0.3 is 6.09 Å². The maximum atomic E-state index is 11.9. The summed E-state index contributed by atoms with van der Waals surface area (Å²) in [5.41, 5.74) is 5.10. The normalized spacial score (nSPS) is 17.9. The number of hydrogen-bond acceptors (Lipinski definition) is 5. The lowest BCUT2D eigenvalue weighted by Crippen LogP contribution is -2.48. The van der Waals surface area contributed by atoms with Gasteiger partial charge < -0.3 is 25.8 Å². The largest absolute Gasteiger partial charge is 0.444 e. The minimum absolute atomic E-state index is 0.118. The second-order valence-electron chi connectivity index (χ2n) is 7.08. The quantitative estimate of drug-likeness (QED) is 0.570. The summed E-state index contributed by atoms with van der Waals surface area (Å²) in [6.45, 7) is 7.70. The van der Waals surface area contributed by atoms with Crippen LogP contribution in [0.2, 0.25) is 0 Å². The highest BCUT2D eigenvalue weighted by molar-refractivity contribution is 5.68. The van der Waals surface area contributed by atoms with Gasteiger partial charge in [-0.05, 0) is 58.9 Å². The van der Waals surface area contributed by atoms with Crippen LogP contribution in [0.3, 0.4) is 0 Å². The van der Waals surface area contributed by atoms with Gasteiger partial charge in [0.25, 0.3) is 0 Å². The molecule has 6 heteroatoms. The van der Waals surface area contributed by atoms with Crippen LogP contribution in [0.4, 0.5) is 4.79 Å². The first-order chi connectivity index (χ1) is 10.4. The first-order valence-corrected chi connectivity index (χ1v) is 8.27. The predicted octanol–water partition coefficient (Wildman–Crippen LogP) is 1.63. The summed E-state index contributed by atoms with van der Waals surface area (Å²) in [6, 6.07) is 0.391. The number of hydrogen-bond donors (Lipinski definition) is 3. The van der Waals surface area contributed by atoms with Gasteiger partial charge in [0.05, 0.1) is 6.61 Å². The van der Waals surface area contributed by atoms with Gasteiger partial charge in [0.1, 0.15) is 5.60 Å². The van der Waals surface area contributed by atoms with Crippen molar-refractivity contribution in [1.29, 1.82) is 0 Å². The van der Waals surface area contributed by atoms with E-state index in [1.165, 1.54) is 12.8 Å². The average Bonchev–Trinajstić information content (AvgIpc) is 3.22. The van der Waals surface area contributed by atoms with Gasteiger partial charge in [0, 0.05) is 25.7 Å². The van der Waals surface area contributed by atoms with Crippen LogP contribution in [0.25, 0.3) is 0 Å². The van der Waals surface area contributed by atoms with E-state index in [1.807, 2.05) is 20.8 Å². The van der Waals surface area contributed by atoms with Crippen molar-refractivity contribution in [2.45, 2.75) is 64.1 Å². The molecule has 130 valence electrons. The molecule has 0 bridgehead atoms. The Morgan fingerprint density at radius 2 is 2.05 bits per heavy atom. The predicted molar refractivity (Wildman–Crippen MR) is 87.8 cm³/mol. The van der Waals surface area contributed by atoms with E-state index in [2.05, 4.69) is 10.6 Å². The maximum Gasteiger partial charge on any atom is 0.407 e. The zero-order valence-corrected chi connectivity index (χ0v) is 14.5. The molecule has 2 unspecified atom stereocenters. The first-order valence-electron chi connectivity index (χ1n) is 8.27. The number of methoxy groups -OCH3 is 1. The van der Waals surface area contributed by atoms with Crippen LogP contribution in [-0.2, 0) is 9.47 Å². The van der Waals surface area contributed by atoms with Gasteiger partial charge in [0.2, 0.25) is 0 Å². The van der Waals surface area contributed by atoms with Crippen LogP contribution in [0.5, 0.6) is 0 Å². The van der Waals surface area contributed by atoms with Crippen molar-refractivity contribution >= 4 is 6.09 Å². The summed E-state index contributed by atoms with van der Waals surface area (Å²) in [7, 11) is 1.70. The van der Waals surface area contributed by atoms with E-state index in [1.54, 1.807) is 7.11 Å². The van der Waals surface area contributed by atoms with Crippen LogP contribution in [-0.4, -0.2) is 50.6 Å². The molecule has 1 fully saturated rings. The fourth-order valence-electron chi connectivity index (χ4n) is 2.40. The van der Waals surface area contributed by atoms with Gasteiger partial charge in [-0.15, -0.1) is 0 Å². The van der Waals surface area contributed by atoms with E-state index >= 15 is 0 Å². The molecule has 1 saturated carbocycles. The standard InChI is InChI=1S/C16H33N3O3/c1-16(2,3)22-15(20)19-14(12-7-8-12)10-18-13(11-21-4)6-5-9-17/h12-14,18H,5-11,17H2,1-4H3,(H,19,20). The molecule has 1 amide bonds. The summed E-state index contributed by atoms with van der Waals surface area (Å²) in [5, 5.41) is 6.49. The topological polar surface area (TPSA) is 85.6 Å². The monoisotopic (exact) mass is 315 g/mol. The van der Waals surface area contributed by atoms with Gasteiger partial charge in [-0.2, -0.15) is 0 Å². The number of carbonyl (C=O) groups excluding carboxylic acids is 1. The fourth-order valence-corrected chi connectivity index (χ4v) is 2.40. The van der Waals surface area contributed by atoms with E-state index in [9.17, 15) is 4.79 Å². The Hall–Kier alpha value is -0.850. The van der Waals surface area contributed by atoms with Crippen LogP contribution in [0, 0.1) is 5.92 Å². The van der Waals surface area contributed by atoms with Crippen LogP contribution >= 0.6 is 0 Å². The molecular weight excluding hydrogens is 282 g/mol. The summed E-state index contributed by atoms with van der Waals surface area (Å²) in [5.74, 6) is 0.553. The zero-order valence-electron chi connectivity index (χ0n) is 14.5. The number of nitrogens with one attached hydrogen (secondary N) is 2. The Bertz CT molecular complexity index is 327. The van der Waals surface area contributed by atoms with Crippen LogP contribution < -0.4 is 16.4 Å². The zero-order chi connectivity index (χ0) is 16.6.